The molecule has 0 aliphatic carbocycles. The van der Waals surface area contributed by atoms with Crippen molar-refractivity contribution in [2.75, 3.05) is 5.32 Å². The first-order chi connectivity index (χ1) is 8.90. The number of benzene rings is 1. The van der Waals surface area contributed by atoms with Gasteiger partial charge < -0.3 is 10.4 Å². The molecule has 1 unspecified atom stereocenters. The number of nitrogens with zero attached hydrogens (tertiary/aromatic N) is 1. The lowest BCUT2D eigenvalue weighted by Crippen LogP contribution is -2.16. The number of hydrogen-bond acceptors (Lipinski definition) is 4. The van der Waals surface area contributed by atoms with Gasteiger partial charge >= 0.3 is 5.97 Å². The first-order valence-electron chi connectivity index (χ1n) is 6.13. The summed E-state index contributed by atoms with van der Waals surface area (Å²) < 4.78 is 0. The zero-order valence-corrected chi connectivity index (χ0v) is 11.0. The van der Waals surface area contributed by atoms with Crippen molar-refractivity contribution in [3.05, 3.63) is 33.9 Å². The van der Waals surface area contributed by atoms with Gasteiger partial charge in [-0.3, -0.25) is 14.9 Å². The molecule has 0 spiro atoms. The second-order valence-electron chi connectivity index (χ2n) is 4.61. The molecule has 0 aliphatic rings. The Morgan fingerprint density at radius 2 is 2.21 bits per heavy atom. The van der Waals surface area contributed by atoms with Gasteiger partial charge in [-0.15, -0.1) is 0 Å². The second-order valence-corrected chi connectivity index (χ2v) is 4.61. The monoisotopic (exact) mass is 266 g/mol. The van der Waals surface area contributed by atoms with Gasteiger partial charge in [-0.25, -0.2) is 0 Å². The van der Waals surface area contributed by atoms with Crippen LogP contribution in [0.5, 0.6) is 0 Å². The molecule has 6 nitrogen and oxygen atoms in total. The van der Waals surface area contributed by atoms with Gasteiger partial charge in [0.05, 0.1) is 4.92 Å². The Labute approximate surface area is 111 Å². The first-order valence-corrected chi connectivity index (χ1v) is 6.13. The van der Waals surface area contributed by atoms with E-state index < -0.39 is 10.9 Å². The molecule has 1 atom stereocenters. The van der Waals surface area contributed by atoms with Gasteiger partial charge in [0.15, 0.2) is 0 Å². The van der Waals surface area contributed by atoms with Crippen molar-refractivity contribution in [1.29, 1.82) is 0 Å². The lowest BCUT2D eigenvalue weighted by molar-refractivity contribution is -0.384. The van der Waals surface area contributed by atoms with Crippen molar-refractivity contribution in [2.24, 2.45) is 0 Å². The van der Waals surface area contributed by atoms with Crippen LogP contribution < -0.4 is 5.32 Å². The highest BCUT2D eigenvalue weighted by atomic mass is 16.6. The Morgan fingerprint density at radius 3 is 2.79 bits per heavy atom. The topological polar surface area (TPSA) is 92.5 Å². The number of anilines is 1. The third kappa shape index (κ3) is 4.95. The van der Waals surface area contributed by atoms with Gasteiger partial charge in [-0.05, 0) is 38.3 Å². The molecule has 1 aromatic rings. The molecule has 0 bridgehead atoms. The van der Waals surface area contributed by atoms with Crippen molar-refractivity contribution < 1.29 is 14.8 Å². The van der Waals surface area contributed by atoms with Gasteiger partial charge in [0.2, 0.25) is 0 Å². The standard InChI is InChI=1S/C13H18N2O4/c1-9-6-7-11(12(8-9)15(18)19)14-10(2)4-3-5-13(16)17/h6-8,10,14H,3-5H2,1-2H3,(H,16,17). The number of hydrogen-bond donors (Lipinski definition) is 2. The van der Waals surface area contributed by atoms with Crippen molar-refractivity contribution in [1.82, 2.24) is 0 Å². The maximum absolute atomic E-state index is 10.9. The predicted molar refractivity (Wildman–Crippen MR) is 72.4 cm³/mol. The smallest absolute Gasteiger partial charge is 0.303 e. The van der Waals surface area contributed by atoms with Gasteiger partial charge in [0.25, 0.3) is 5.69 Å². The molecule has 0 aromatic heterocycles. The summed E-state index contributed by atoms with van der Waals surface area (Å²) in [4.78, 5) is 20.9. The largest absolute Gasteiger partial charge is 0.481 e. The lowest BCUT2D eigenvalue weighted by Gasteiger charge is -2.15. The van der Waals surface area contributed by atoms with Gasteiger partial charge in [-0.2, -0.15) is 0 Å². The molecule has 2 N–H and O–H groups in total. The van der Waals surface area contributed by atoms with Crippen LogP contribution in [0.2, 0.25) is 0 Å². The van der Waals surface area contributed by atoms with Gasteiger partial charge in [0, 0.05) is 18.5 Å². The number of carboxylic acids is 1. The normalized spacial score (nSPS) is 11.9. The van der Waals surface area contributed by atoms with Crippen LogP contribution in [0.15, 0.2) is 18.2 Å². The Bertz CT molecular complexity index is 474. The van der Waals surface area contributed by atoms with E-state index >= 15 is 0 Å². The van der Waals surface area contributed by atoms with Crippen LogP contribution >= 0.6 is 0 Å². The summed E-state index contributed by atoms with van der Waals surface area (Å²) in [6.07, 6.45) is 1.31. The van der Waals surface area contributed by atoms with Crippen molar-refractivity contribution in [2.45, 2.75) is 39.2 Å². The third-order valence-electron chi connectivity index (χ3n) is 2.78. The Balaban J connectivity index is 2.65. The molecule has 0 aliphatic heterocycles. The summed E-state index contributed by atoms with van der Waals surface area (Å²) in [5.74, 6) is -0.825. The number of aliphatic carboxylic acids is 1. The van der Waals surface area contributed by atoms with Crippen LogP contribution in [0.25, 0.3) is 0 Å². The lowest BCUT2D eigenvalue weighted by atomic mass is 10.1. The van der Waals surface area contributed by atoms with E-state index in [-0.39, 0.29) is 18.2 Å². The van der Waals surface area contributed by atoms with E-state index in [1.54, 1.807) is 19.1 Å². The molecule has 104 valence electrons. The van der Waals surface area contributed by atoms with Crippen LogP contribution in [0.1, 0.15) is 31.7 Å². The van der Waals surface area contributed by atoms with Gasteiger partial charge in [-0.1, -0.05) is 6.07 Å². The van der Waals surface area contributed by atoms with Crippen LogP contribution in [-0.2, 0) is 4.79 Å². The highest BCUT2D eigenvalue weighted by Gasteiger charge is 2.15. The molecule has 0 saturated heterocycles. The maximum atomic E-state index is 10.9. The number of nitrogens with one attached hydrogen (secondary N) is 1. The van der Waals surface area contributed by atoms with E-state index in [1.807, 2.05) is 6.92 Å². The van der Waals surface area contributed by atoms with E-state index in [0.29, 0.717) is 18.5 Å². The number of aryl methyl sites for hydroxylation is 1. The molecule has 0 fully saturated rings. The summed E-state index contributed by atoms with van der Waals surface area (Å²) in [5.41, 5.74) is 1.35. The minimum absolute atomic E-state index is 0.0132. The highest BCUT2D eigenvalue weighted by molar-refractivity contribution is 5.66. The summed E-state index contributed by atoms with van der Waals surface area (Å²) in [5, 5.41) is 22.6. The molecule has 6 heteroatoms. The zero-order valence-electron chi connectivity index (χ0n) is 11.0. The van der Waals surface area contributed by atoms with Crippen LogP contribution in [0.4, 0.5) is 11.4 Å². The Kier molecular flexibility index (Phi) is 5.29. The molecular formula is C13H18N2O4. The molecule has 1 rings (SSSR count). The maximum Gasteiger partial charge on any atom is 0.303 e. The quantitative estimate of drug-likeness (QED) is 0.584. The molecule has 0 heterocycles. The summed E-state index contributed by atoms with van der Waals surface area (Å²) in [6, 6.07) is 4.99. The summed E-state index contributed by atoms with van der Waals surface area (Å²) in [6.45, 7) is 3.68. The van der Waals surface area contributed by atoms with E-state index in [2.05, 4.69) is 5.32 Å². The van der Waals surface area contributed by atoms with E-state index in [0.717, 1.165) is 5.56 Å². The van der Waals surface area contributed by atoms with Crippen LogP contribution in [-0.4, -0.2) is 22.0 Å². The van der Waals surface area contributed by atoms with E-state index in [9.17, 15) is 14.9 Å². The zero-order chi connectivity index (χ0) is 14.4. The number of carboxylic acid groups (broad SMARTS) is 1. The number of nitro groups is 1. The van der Waals surface area contributed by atoms with Crippen molar-refractivity contribution >= 4 is 17.3 Å². The fraction of sp³-hybridized carbons (Fsp3) is 0.462. The average Bonchev–Trinajstić information content (AvgIpc) is 2.30. The molecule has 0 saturated carbocycles. The van der Waals surface area contributed by atoms with Crippen LogP contribution in [0, 0.1) is 17.0 Å². The highest BCUT2D eigenvalue weighted by Crippen LogP contribution is 2.26. The molecular weight excluding hydrogens is 248 g/mol. The van der Waals surface area contributed by atoms with Crippen molar-refractivity contribution in [3.8, 4) is 0 Å². The van der Waals surface area contributed by atoms with E-state index in [1.165, 1.54) is 6.07 Å². The summed E-state index contributed by atoms with van der Waals surface area (Å²) in [7, 11) is 0. The molecule has 1 aromatic carbocycles. The molecule has 0 radical (unpaired) electrons. The Hall–Kier alpha value is -2.11. The number of carbonyl (C=O) groups is 1. The fourth-order valence-electron chi connectivity index (χ4n) is 1.81. The number of rotatable bonds is 7. The fourth-order valence-corrected chi connectivity index (χ4v) is 1.81. The minimum Gasteiger partial charge on any atom is -0.481 e. The second kappa shape index (κ2) is 6.72. The predicted octanol–water partition coefficient (Wildman–Crippen LogP) is 2.96. The molecule has 19 heavy (non-hydrogen) atoms. The first kappa shape index (κ1) is 14.9. The average molecular weight is 266 g/mol. The Morgan fingerprint density at radius 1 is 1.53 bits per heavy atom. The summed E-state index contributed by atoms with van der Waals surface area (Å²) >= 11 is 0. The molecule has 0 amide bonds. The van der Waals surface area contributed by atoms with Crippen LogP contribution in [0.3, 0.4) is 0 Å². The number of nitro benzene ring substituents is 1. The van der Waals surface area contributed by atoms with E-state index in [4.69, 9.17) is 5.11 Å². The third-order valence-corrected chi connectivity index (χ3v) is 2.78. The SMILES string of the molecule is Cc1ccc(NC(C)CCCC(=O)O)c([N+](=O)[O-])c1. The minimum atomic E-state index is -0.825. The van der Waals surface area contributed by atoms with Crippen molar-refractivity contribution in [3.63, 3.8) is 0 Å². The van der Waals surface area contributed by atoms with Gasteiger partial charge in [0.1, 0.15) is 5.69 Å².